The maximum Gasteiger partial charge on any atom is 0.0319 e. The van der Waals surface area contributed by atoms with Crippen LogP contribution in [-0.2, 0) is 19.3 Å². The van der Waals surface area contributed by atoms with Gasteiger partial charge in [-0.25, -0.2) is 0 Å². The van der Waals surface area contributed by atoms with Crippen molar-refractivity contribution in [1.82, 2.24) is 0 Å². The highest BCUT2D eigenvalue weighted by molar-refractivity contribution is 5.55. The Bertz CT molecular complexity index is 664. The van der Waals surface area contributed by atoms with Crippen LogP contribution in [0.15, 0.2) is 24.3 Å². The van der Waals surface area contributed by atoms with Gasteiger partial charge in [0.05, 0.1) is 0 Å². The Kier molecular flexibility index (Phi) is 6.92. The first-order valence-corrected chi connectivity index (χ1v) is 9.72. The van der Waals surface area contributed by atoms with Crippen LogP contribution in [0.5, 0.6) is 0 Å². The Hall–Kier alpha value is -1.96. The van der Waals surface area contributed by atoms with Crippen LogP contribution in [0.3, 0.4) is 0 Å². The second-order valence-electron chi connectivity index (χ2n) is 7.33. The average Bonchev–Trinajstić information content (AvgIpc) is 2.55. The quantitative estimate of drug-likeness (QED) is 0.603. The van der Waals surface area contributed by atoms with Crippen LogP contribution in [0.2, 0.25) is 0 Å². The van der Waals surface area contributed by atoms with Gasteiger partial charge in [-0.05, 0) is 104 Å². The number of nitrogen functional groups attached to an aromatic ring is 2. The molecule has 2 aromatic carbocycles. The van der Waals surface area contributed by atoms with Gasteiger partial charge >= 0.3 is 0 Å². The predicted octanol–water partition coefficient (Wildman–Crippen LogP) is 5.74. The van der Waals surface area contributed by atoms with Crippen molar-refractivity contribution in [3.05, 3.63) is 57.6 Å². The molecule has 4 N–H and O–H groups in total. The van der Waals surface area contributed by atoms with Crippen LogP contribution >= 0.6 is 0 Å². The van der Waals surface area contributed by atoms with Crippen LogP contribution in [0, 0.1) is 13.8 Å². The van der Waals surface area contributed by atoms with Gasteiger partial charge in [0.15, 0.2) is 0 Å². The van der Waals surface area contributed by atoms with Crippen LogP contribution in [0.4, 0.5) is 11.4 Å². The lowest BCUT2D eigenvalue weighted by Crippen LogP contribution is -2.07. The van der Waals surface area contributed by atoms with Gasteiger partial charge in [0.1, 0.15) is 0 Å². The Balaban J connectivity index is 2.49. The summed E-state index contributed by atoms with van der Waals surface area (Å²) in [5.74, 6) is 0. The van der Waals surface area contributed by atoms with E-state index in [2.05, 4.69) is 52.0 Å². The molecular weight excluding hydrogens is 304 g/mol. The summed E-state index contributed by atoms with van der Waals surface area (Å²) in [6.07, 6.45) is 8.05. The van der Waals surface area contributed by atoms with E-state index in [4.69, 9.17) is 11.5 Å². The van der Waals surface area contributed by atoms with Gasteiger partial charge in [-0.15, -0.1) is 0 Å². The molecule has 0 aliphatic heterocycles. The van der Waals surface area contributed by atoms with E-state index in [9.17, 15) is 0 Å². The minimum absolute atomic E-state index is 0.855. The van der Waals surface area contributed by atoms with Gasteiger partial charge in [-0.2, -0.15) is 0 Å². The first-order valence-electron chi connectivity index (χ1n) is 9.72. The summed E-state index contributed by atoms with van der Waals surface area (Å²) in [5, 5.41) is 0. The fraction of sp³-hybridized carbons (Fsp3) is 0.478. The molecule has 0 aliphatic carbocycles. The zero-order valence-corrected chi connectivity index (χ0v) is 16.4. The Morgan fingerprint density at radius 2 is 1.12 bits per heavy atom. The molecule has 0 heterocycles. The maximum absolute atomic E-state index is 6.23. The molecule has 2 nitrogen and oxygen atoms in total. The van der Waals surface area contributed by atoms with E-state index >= 15 is 0 Å². The van der Waals surface area contributed by atoms with Crippen molar-refractivity contribution in [3.63, 3.8) is 0 Å². The zero-order chi connectivity index (χ0) is 18.4. The molecule has 0 saturated carbocycles. The minimum Gasteiger partial charge on any atom is -0.399 e. The van der Waals surface area contributed by atoms with E-state index in [0.29, 0.717) is 0 Å². The third-order valence-electron chi connectivity index (χ3n) is 5.13. The maximum atomic E-state index is 6.23. The summed E-state index contributed by atoms with van der Waals surface area (Å²) >= 11 is 0. The Morgan fingerprint density at radius 1 is 0.680 bits per heavy atom. The first kappa shape index (κ1) is 19.4. The van der Waals surface area contributed by atoms with Crippen molar-refractivity contribution in [2.75, 3.05) is 11.5 Å². The lowest BCUT2D eigenvalue weighted by molar-refractivity contribution is 0.768. The molecule has 0 aromatic heterocycles. The number of aryl methyl sites for hydroxylation is 4. The predicted molar refractivity (Wildman–Crippen MR) is 111 cm³/mol. The number of hydrogen-bond acceptors (Lipinski definition) is 2. The molecule has 0 spiro atoms. The normalized spacial score (nSPS) is 11.0. The number of hydrogen-bond donors (Lipinski definition) is 2. The summed E-state index contributed by atoms with van der Waals surface area (Å²) in [5.41, 5.74) is 22.4. The molecule has 25 heavy (non-hydrogen) atoms. The highest BCUT2D eigenvalue weighted by Crippen LogP contribution is 2.29. The van der Waals surface area contributed by atoms with Crippen molar-refractivity contribution in [2.24, 2.45) is 0 Å². The van der Waals surface area contributed by atoms with Crippen LogP contribution < -0.4 is 11.5 Å². The summed E-state index contributed by atoms with van der Waals surface area (Å²) in [4.78, 5) is 0. The van der Waals surface area contributed by atoms with Crippen LogP contribution in [0.1, 0.15) is 72.9 Å². The molecule has 0 fully saturated rings. The highest BCUT2D eigenvalue weighted by atomic mass is 14.5. The molecule has 2 heteroatoms. The average molecular weight is 339 g/mol. The smallest absolute Gasteiger partial charge is 0.0319 e. The summed E-state index contributed by atoms with van der Waals surface area (Å²) in [6, 6.07) is 8.58. The molecular formula is C23H34N2. The van der Waals surface area contributed by atoms with Crippen LogP contribution in [-0.4, -0.2) is 0 Å². The number of unbranched alkanes of at least 4 members (excludes halogenated alkanes) is 2. The second-order valence-corrected chi connectivity index (χ2v) is 7.33. The van der Waals surface area contributed by atoms with Gasteiger partial charge in [-0.3, -0.25) is 0 Å². The SMILES string of the molecule is CCCCc1cc(N)cc(CCCC)c1Cc1c(C)cc(N)cc1C. The Morgan fingerprint density at radius 3 is 1.56 bits per heavy atom. The third-order valence-corrected chi connectivity index (χ3v) is 5.13. The van der Waals surface area contributed by atoms with E-state index in [1.54, 1.807) is 0 Å². The van der Waals surface area contributed by atoms with Gasteiger partial charge in [0, 0.05) is 11.4 Å². The number of rotatable bonds is 8. The Labute approximate surface area is 153 Å². The van der Waals surface area contributed by atoms with Crippen molar-refractivity contribution in [2.45, 2.75) is 72.6 Å². The van der Waals surface area contributed by atoms with Gasteiger partial charge < -0.3 is 11.5 Å². The van der Waals surface area contributed by atoms with Crippen molar-refractivity contribution in [1.29, 1.82) is 0 Å². The zero-order valence-electron chi connectivity index (χ0n) is 16.4. The van der Waals surface area contributed by atoms with E-state index in [1.807, 2.05) is 0 Å². The van der Waals surface area contributed by atoms with Crippen molar-refractivity contribution >= 4 is 11.4 Å². The molecule has 0 amide bonds. The number of benzene rings is 2. The molecule has 136 valence electrons. The largest absolute Gasteiger partial charge is 0.399 e. The lowest BCUT2D eigenvalue weighted by Gasteiger charge is -2.19. The van der Waals surface area contributed by atoms with Crippen molar-refractivity contribution in [3.8, 4) is 0 Å². The van der Waals surface area contributed by atoms with E-state index in [-0.39, 0.29) is 0 Å². The fourth-order valence-electron chi connectivity index (χ4n) is 3.71. The molecule has 2 aromatic rings. The van der Waals surface area contributed by atoms with E-state index < -0.39 is 0 Å². The van der Waals surface area contributed by atoms with Gasteiger partial charge in [0.25, 0.3) is 0 Å². The minimum atomic E-state index is 0.855. The standard InChI is InChI=1S/C23H34N2/c1-5-7-9-18-13-21(25)14-19(10-8-6-2)23(18)15-22-16(3)11-20(24)12-17(22)4/h11-14H,5-10,15,24-25H2,1-4H3. The highest BCUT2D eigenvalue weighted by Gasteiger charge is 2.14. The third kappa shape index (κ3) is 5.01. The van der Waals surface area contributed by atoms with E-state index in [0.717, 1.165) is 30.6 Å². The molecule has 0 aliphatic rings. The topological polar surface area (TPSA) is 52.0 Å². The summed E-state index contributed by atoms with van der Waals surface area (Å²) in [7, 11) is 0. The number of nitrogens with two attached hydrogens (primary N) is 2. The molecule has 2 rings (SSSR count). The van der Waals surface area contributed by atoms with Crippen molar-refractivity contribution < 1.29 is 0 Å². The van der Waals surface area contributed by atoms with Gasteiger partial charge in [0.2, 0.25) is 0 Å². The monoisotopic (exact) mass is 338 g/mol. The molecule has 0 radical (unpaired) electrons. The lowest BCUT2D eigenvalue weighted by atomic mass is 9.87. The summed E-state index contributed by atoms with van der Waals surface area (Å²) < 4.78 is 0. The van der Waals surface area contributed by atoms with Gasteiger partial charge in [-0.1, -0.05) is 26.7 Å². The molecule has 0 unspecified atom stereocenters. The fourth-order valence-corrected chi connectivity index (χ4v) is 3.71. The molecule has 0 atom stereocenters. The molecule has 0 saturated heterocycles. The second kappa shape index (κ2) is 8.94. The summed E-state index contributed by atoms with van der Waals surface area (Å²) in [6.45, 7) is 8.84. The number of anilines is 2. The molecule has 0 bridgehead atoms. The first-order chi connectivity index (χ1) is 12.0. The van der Waals surface area contributed by atoms with E-state index in [1.165, 1.54) is 59.1 Å². The van der Waals surface area contributed by atoms with Crippen LogP contribution in [0.25, 0.3) is 0 Å².